The van der Waals surface area contributed by atoms with Gasteiger partial charge < -0.3 is 38.6 Å². The summed E-state index contributed by atoms with van der Waals surface area (Å²) in [4.78, 5) is 27.1. The molecule has 1 spiro atoms. The number of aliphatic hydroxyl groups excluding tert-OH is 1. The molecule has 12 atom stereocenters. The summed E-state index contributed by atoms with van der Waals surface area (Å²) in [7, 11) is 1.56. The van der Waals surface area contributed by atoms with E-state index in [0.29, 0.717) is 24.8 Å². The van der Waals surface area contributed by atoms with E-state index in [-0.39, 0.29) is 42.9 Å². The zero-order valence-electron chi connectivity index (χ0n) is 30.5. The van der Waals surface area contributed by atoms with E-state index < -0.39 is 59.9 Å². The molecule has 0 unspecified atom stereocenters. The van der Waals surface area contributed by atoms with E-state index >= 15 is 0 Å². The van der Waals surface area contributed by atoms with Crippen molar-refractivity contribution in [3.63, 3.8) is 0 Å². The number of rotatable bonds is 4. The van der Waals surface area contributed by atoms with Gasteiger partial charge in [-0.15, -0.1) is 0 Å². The summed E-state index contributed by atoms with van der Waals surface area (Å²) in [5.41, 5.74) is 1.44. The van der Waals surface area contributed by atoms with Crippen molar-refractivity contribution in [3.8, 4) is 0 Å². The Morgan fingerprint density at radius 2 is 1.84 bits per heavy atom. The molecule has 4 aliphatic heterocycles. The van der Waals surface area contributed by atoms with Crippen LogP contribution in [0.4, 0.5) is 0 Å². The molecular weight excluding hydrogens is 628 g/mol. The van der Waals surface area contributed by atoms with Gasteiger partial charge in [0.25, 0.3) is 0 Å². The first-order valence-electron chi connectivity index (χ1n) is 17.8. The first-order chi connectivity index (χ1) is 23.1. The summed E-state index contributed by atoms with van der Waals surface area (Å²) in [5, 5.41) is 24.1. The van der Waals surface area contributed by atoms with Gasteiger partial charge in [0.15, 0.2) is 5.79 Å². The molecule has 0 amide bonds. The SMILES string of the molecule is C/C=C(\C)[C@H]1O[C@@]2(C[C@@H]3C[C@@H](CC=C(C)[C@H](OC(=O)C(C)C)[C@@H](C)C=CC=C4CO[C@@H]5[C@H](OC)C(C)=C[C@@H](C(=O)O3)[C@]45O)O2)[C@H](O)C[C@@H]1C. The predicted octanol–water partition coefficient (Wildman–Crippen LogP) is 5.28. The Kier molecular flexibility index (Phi) is 11.5. The fourth-order valence-corrected chi connectivity index (χ4v) is 8.13. The predicted molar refractivity (Wildman–Crippen MR) is 183 cm³/mol. The summed E-state index contributed by atoms with van der Waals surface area (Å²) in [6.45, 7) is 15.5. The second-order valence-electron chi connectivity index (χ2n) is 15.1. The highest BCUT2D eigenvalue weighted by molar-refractivity contribution is 5.78. The standard InChI is InChI=1S/C39H56O10/c1-10-22(4)33-26(8)17-31(40)38(49-33)19-29-18-28(48-38)15-14-24(6)32(47-36(41)21(2)3)23(5)12-11-13-27-20-45-35-34(44-9)25(7)16-30(37(42)46-29)39(27,35)43/h10-14,16,21,23,26,28-35,40,43H,15,17-20H2,1-9H3/b12-11?,22-10+,24-14?,27-13?/t23-,26-,28+,29-,30-,31+,32+,33+,34+,35+,38-,39+/m0/s1. The molecule has 0 aromatic carbocycles. The fourth-order valence-electron chi connectivity index (χ4n) is 8.13. The molecule has 272 valence electrons. The van der Waals surface area contributed by atoms with Crippen LogP contribution in [-0.4, -0.2) is 90.0 Å². The minimum atomic E-state index is -1.73. The van der Waals surface area contributed by atoms with Crippen LogP contribution >= 0.6 is 0 Å². The molecule has 2 N–H and O–H groups in total. The summed E-state index contributed by atoms with van der Waals surface area (Å²) in [5.74, 6) is -3.85. The van der Waals surface area contributed by atoms with E-state index in [9.17, 15) is 19.8 Å². The van der Waals surface area contributed by atoms with Crippen LogP contribution in [0.3, 0.4) is 0 Å². The Balaban J connectivity index is 1.60. The monoisotopic (exact) mass is 684 g/mol. The lowest BCUT2D eigenvalue weighted by Gasteiger charge is -2.52. The van der Waals surface area contributed by atoms with Crippen molar-refractivity contribution in [2.45, 2.75) is 135 Å². The van der Waals surface area contributed by atoms with Gasteiger partial charge >= 0.3 is 11.9 Å². The van der Waals surface area contributed by atoms with Gasteiger partial charge in [-0.05, 0) is 68.7 Å². The van der Waals surface area contributed by atoms with Crippen LogP contribution in [-0.2, 0) is 38.0 Å². The minimum absolute atomic E-state index is 0.0447. The summed E-state index contributed by atoms with van der Waals surface area (Å²) < 4.78 is 37.6. The van der Waals surface area contributed by atoms with E-state index in [1.807, 2.05) is 65.8 Å². The normalized spacial score (nSPS) is 41.8. The number of ether oxygens (including phenoxy) is 6. The highest BCUT2D eigenvalue weighted by atomic mass is 16.7. The molecule has 4 heterocycles. The molecule has 0 aromatic heterocycles. The topological polar surface area (TPSA) is 130 Å². The van der Waals surface area contributed by atoms with E-state index in [0.717, 1.165) is 16.7 Å². The lowest BCUT2D eigenvalue weighted by Crippen LogP contribution is -2.62. The van der Waals surface area contributed by atoms with Crippen LogP contribution in [0.15, 0.2) is 58.7 Å². The molecule has 49 heavy (non-hydrogen) atoms. The van der Waals surface area contributed by atoms with Gasteiger partial charge in [-0.25, -0.2) is 0 Å². The Morgan fingerprint density at radius 1 is 1.10 bits per heavy atom. The number of hydrogen-bond acceptors (Lipinski definition) is 10. The first kappa shape index (κ1) is 37.7. The molecule has 0 aromatic rings. The fraction of sp³-hybridized carbons (Fsp3) is 0.692. The highest BCUT2D eigenvalue weighted by Gasteiger charge is 2.61. The number of carbonyl (C=O) groups is 2. The number of fused-ring (bicyclic) bond motifs is 2. The molecule has 5 rings (SSSR count). The average Bonchev–Trinajstić information content (AvgIpc) is 3.39. The van der Waals surface area contributed by atoms with Crippen molar-refractivity contribution in [2.24, 2.45) is 23.7 Å². The quantitative estimate of drug-likeness (QED) is 0.298. The van der Waals surface area contributed by atoms with Gasteiger partial charge in [0, 0.05) is 25.9 Å². The molecule has 3 saturated heterocycles. The number of esters is 2. The Morgan fingerprint density at radius 3 is 2.51 bits per heavy atom. The third-order valence-corrected chi connectivity index (χ3v) is 11.1. The number of aliphatic hydroxyl groups is 2. The number of hydrogen-bond donors (Lipinski definition) is 2. The van der Waals surface area contributed by atoms with E-state index in [1.54, 1.807) is 33.1 Å². The van der Waals surface area contributed by atoms with Crippen LogP contribution in [0.5, 0.6) is 0 Å². The third-order valence-electron chi connectivity index (χ3n) is 11.1. The lowest BCUT2D eigenvalue weighted by molar-refractivity contribution is -0.363. The maximum absolute atomic E-state index is 14.3. The second-order valence-corrected chi connectivity index (χ2v) is 15.1. The zero-order valence-corrected chi connectivity index (χ0v) is 30.5. The Hall–Kier alpha value is -2.60. The van der Waals surface area contributed by atoms with E-state index in [4.69, 9.17) is 28.4 Å². The minimum Gasteiger partial charge on any atom is -0.462 e. The average molecular weight is 685 g/mol. The molecule has 3 fully saturated rings. The Bertz CT molecular complexity index is 1410. The van der Waals surface area contributed by atoms with E-state index in [1.165, 1.54) is 0 Å². The van der Waals surface area contributed by atoms with Gasteiger partial charge in [-0.3, -0.25) is 9.59 Å². The van der Waals surface area contributed by atoms with Crippen LogP contribution in [0.2, 0.25) is 0 Å². The van der Waals surface area contributed by atoms with Crippen molar-refractivity contribution in [2.75, 3.05) is 13.7 Å². The molecule has 0 saturated carbocycles. The van der Waals surface area contributed by atoms with Crippen molar-refractivity contribution < 1.29 is 48.2 Å². The van der Waals surface area contributed by atoms with Crippen molar-refractivity contribution in [1.29, 1.82) is 0 Å². The highest BCUT2D eigenvalue weighted by Crippen LogP contribution is 2.48. The molecule has 2 bridgehead atoms. The Labute approximate surface area is 291 Å². The summed E-state index contributed by atoms with van der Waals surface area (Å²) in [6.07, 6.45) is 8.25. The van der Waals surface area contributed by atoms with Gasteiger partial charge in [-0.1, -0.05) is 64.2 Å². The smallest absolute Gasteiger partial charge is 0.316 e. The third kappa shape index (κ3) is 7.28. The van der Waals surface area contributed by atoms with Crippen LogP contribution in [0.1, 0.15) is 81.1 Å². The molecular formula is C39H56O10. The van der Waals surface area contributed by atoms with Gasteiger partial charge in [0.2, 0.25) is 0 Å². The summed E-state index contributed by atoms with van der Waals surface area (Å²) in [6, 6.07) is 0. The van der Waals surface area contributed by atoms with Gasteiger partial charge in [0.05, 0.1) is 24.7 Å². The van der Waals surface area contributed by atoms with Crippen LogP contribution in [0.25, 0.3) is 0 Å². The number of carbonyl (C=O) groups excluding carboxylic acids is 2. The molecule has 1 aliphatic carbocycles. The zero-order chi connectivity index (χ0) is 35.8. The molecule has 5 aliphatic rings. The molecule has 0 radical (unpaired) electrons. The number of methoxy groups -OCH3 is 1. The number of allylic oxidation sites excluding steroid dienone is 3. The second kappa shape index (κ2) is 14.9. The molecule has 10 heteroatoms. The van der Waals surface area contributed by atoms with Crippen LogP contribution in [0, 0.1) is 23.7 Å². The van der Waals surface area contributed by atoms with Crippen molar-refractivity contribution in [1.82, 2.24) is 0 Å². The molecule has 10 nitrogen and oxygen atoms in total. The summed E-state index contributed by atoms with van der Waals surface area (Å²) >= 11 is 0. The van der Waals surface area contributed by atoms with Crippen molar-refractivity contribution in [3.05, 3.63) is 58.7 Å². The van der Waals surface area contributed by atoms with E-state index in [2.05, 4.69) is 0 Å². The van der Waals surface area contributed by atoms with Crippen molar-refractivity contribution >= 4 is 11.9 Å². The largest absolute Gasteiger partial charge is 0.462 e. The lowest BCUT2D eigenvalue weighted by atomic mass is 9.70. The maximum atomic E-state index is 14.3. The van der Waals surface area contributed by atoms with Gasteiger partial charge in [-0.2, -0.15) is 0 Å². The van der Waals surface area contributed by atoms with Crippen LogP contribution < -0.4 is 0 Å². The first-order valence-corrected chi connectivity index (χ1v) is 17.8. The van der Waals surface area contributed by atoms with Gasteiger partial charge in [0.1, 0.15) is 42.0 Å². The maximum Gasteiger partial charge on any atom is 0.316 e.